The van der Waals surface area contributed by atoms with Gasteiger partial charge in [-0.25, -0.2) is 6.57 Å². The van der Waals surface area contributed by atoms with Crippen LogP contribution in [0.5, 0.6) is 0 Å². The first-order chi connectivity index (χ1) is 7.69. The van der Waals surface area contributed by atoms with E-state index in [0.717, 1.165) is 9.13 Å². The predicted molar refractivity (Wildman–Crippen MR) is 76.8 cm³/mol. The van der Waals surface area contributed by atoms with Gasteiger partial charge in [-0.1, -0.05) is 28.1 Å². The highest BCUT2D eigenvalue weighted by Gasteiger charge is 2.20. The zero-order valence-electron chi connectivity index (χ0n) is 8.62. The van der Waals surface area contributed by atoms with Crippen molar-refractivity contribution >= 4 is 44.3 Å². The van der Waals surface area contributed by atoms with Crippen LogP contribution in [0.2, 0.25) is 0 Å². The third-order valence-electron chi connectivity index (χ3n) is 2.30. The molecule has 0 saturated heterocycles. The molecule has 4 heteroatoms. The summed E-state index contributed by atoms with van der Waals surface area (Å²) in [6.07, 6.45) is 0.605. The number of alkyl halides is 1. The van der Waals surface area contributed by atoms with Crippen LogP contribution in [0.3, 0.4) is 0 Å². The summed E-state index contributed by atoms with van der Waals surface area (Å²) in [5.74, 6) is -0.00570. The first-order valence-corrected chi connectivity index (χ1v) is 7.06. The van der Waals surface area contributed by atoms with Gasteiger partial charge in [0.25, 0.3) is 0 Å². The zero-order valence-corrected chi connectivity index (χ0v) is 12.4. The number of hydrogen-bond donors (Lipinski definition) is 0. The Hall–Kier alpha value is -0.410. The number of carbonyl (C=O) groups excluding carboxylic acids is 1. The lowest BCUT2D eigenvalue weighted by Gasteiger charge is -2.12. The molecule has 0 radical (unpaired) electrons. The van der Waals surface area contributed by atoms with Gasteiger partial charge in [0.1, 0.15) is 0 Å². The van der Waals surface area contributed by atoms with E-state index in [1.54, 1.807) is 0 Å². The molecule has 0 fully saturated rings. The van der Waals surface area contributed by atoms with Crippen LogP contribution in [-0.2, 0) is 4.79 Å². The van der Waals surface area contributed by atoms with E-state index in [1.165, 1.54) is 0 Å². The Bertz CT molecular complexity index is 414. The van der Waals surface area contributed by atoms with Crippen molar-refractivity contribution in [2.75, 3.05) is 11.9 Å². The molecule has 0 aliphatic rings. The van der Waals surface area contributed by atoms with Crippen LogP contribution < -0.4 is 0 Å². The summed E-state index contributed by atoms with van der Waals surface area (Å²) < 4.78 is 1.12. The number of benzene rings is 1. The normalized spacial score (nSPS) is 11.8. The van der Waals surface area contributed by atoms with Crippen molar-refractivity contribution in [3.63, 3.8) is 0 Å². The molecule has 0 spiro atoms. The molecule has 1 atom stereocenters. The summed E-state index contributed by atoms with van der Waals surface area (Å²) in [6.45, 7) is 7.20. The highest BCUT2D eigenvalue weighted by Crippen LogP contribution is 2.23. The quantitative estimate of drug-likeness (QED) is 0.426. The summed E-state index contributed by atoms with van der Waals surface area (Å²) in [5, 5.41) is 0.348. The Labute approximate surface area is 118 Å². The van der Waals surface area contributed by atoms with E-state index in [1.807, 2.05) is 24.3 Å². The molecule has 0 aliphatic carbocycles. The largest absolute Gasteiger partial charge is 0.317 e. The fraction of sp³-hybridized carbons (Fsp3) is 0.333. The Balaban J connectivity index is 2.92. The lowest BCUT2D eigenvalue weighted by atomic mass is 9.92. The van der Waals surface area contributed by atoms with Crippen molar-refractivity contribution in [2.45, 2.75) is 12.3 Å². The number of halogens is 2. The predicted octanol–water partition coefficient (Wildman–Crippen LogP) is 3.65. The first kappa shape index (κ1) is 13.7. The fourth-order valence-corrected chi connectivity index (χ4v) is 2.48. The molecule has 0 N–H and O–H groups in total. The number of Topliss-reactive ketones (excluding diaryl/α,β-unsaturated/α-hetero) is 1. The molecule has 1 rings (SSSR count). The molecule has 0 amide bonds. The maximum atomic E-state index is 11.8. The first-order valence-electron chi connectivity index (χ1n) is 4.86. The number of rotatable bonds is 5. The molecule has 0 aromatic heterocycles. The average Bonchev–Trinajstić information content (AvgIpc) is 2.29. The van der Waals surface area contributed by atoms with Gasteiger partial charge in [-0.3, -0.25) is 4.79 Å². The van der Waals surface area contributed by atoms with Crippen LogP contribution in [0.25, 0.3) is 4.85 Å². The Morgan fingerprint density at radius 2 is 2.31 bits per heavy atom. The van der Waals surface area contributed by atoms with E-state index in [9.17, 15) is 4.79 Å². The van der Waals surface area contributed by atoms with Crippen molar-refractivity contribution < 1.29 is 4.79 Å². The average molecular weight is 392 g/mol. The van der Waals surface area contributed by atoms with Gasteiger partial charge in [-0.05, 0) is 40.3 Å². The molecule has 0 heterocycles. The lowest BCUT2D eigenvalue weighted by molar-refractivity contribution is -0.118. The second kappa shape index (κ2) is 7.02. The van der Waals surface area contributed by atoms with E-state index in [0.29, 0.717) is 18.3 Å². The minimum absolute atomic E-state index is 0.144. The monoisotopic (exact) mass is 391 g/mol. The Morgan fingerprint density at radius 3 is 2.88 bits per heavy atom. The van der Waals surface area contributed by atoms with Gasteiger partial charge in [0.15, 0.2) is 5.78 Å². The highest BCUT2D eigenvalue weighted by atomic mass is 127. The van der Waals surface area contributed by atoms with Gasteiger partial charge in [0.05, 0.1) is 11.2 Å². The topological polar surface area (TPSA) is 21.4 Å². The molecular weight excluding hydrogens is 381 g/mol. The van der Waals surface area contributed by atoms with Crippen LogP contribution in [-0.4, -0.2) is 17.7 Å². The summed E-state index contributed by atoms with van der Waals surface area (Å²) >= 11 is 5.42. The maximum absolute atomic E-state index is 11.8. The van der Waals surface area contributed by atoms with Gasteiger partial charge in [-0.15, -0.1) is 0 Å². The van der Waals surface area contributed by atoms with Crippen molar-refractivity contribution in [1.29, 1.82) is 0 Å². The van der Waals surface area contributed by atoms with Crippen molar-refractivity contribution in [1.82, 2.24) is 0 Å². The van der Waals surface area contributed by atoms with Gasteiger partial charge < -0.3 is 4.85 Å². The molecule has 1 aromatic rings. The van der Waals surface area contributed by atoms with Crippen molar-refractivity contribution in [2.24, 2.45) is 0 Å². The van der Waals surface area contributed by atoms with E-state index in [4.69, 9.17) is 6.57 Å². The van der Waals surface area contributed by atoms with Crippen molar-refractivity contribution in [3.05, 3.63) is 44.8 Å². The summed E-state index contributed by atoms with van der Waals surface area (Å²) in [7, 11) is 0. The Morgan fingerprint density at radius 1 is 1.56 bits per heavy atom. The molecule has 2 nitrogen and oxygen atoms in total. The minimum Gasteiger partial charge on any atom is -0.317 e. The van der Waals surface area contributed by atoms with Gasteiger partial charge in [0, 0.05) is 9.99 Å². The zero-order chi connectivity index (χ0) is 12.0. The standard InChI is InChI=1S/C12H11BrINO/c1-15-6-5-11(12(16)8-13)9-3-2-4-10(14)7-9/h2-4,7,11H,5-6,8H2. The number of ketones is 1. The third kappa shape index (κ3) is 3.87. The summed E-state index contributed by atoms with van der Waals surface area (Å²) in [5.41, 5.74) is 1.01. The van der Waals surface area contributed by atoms with Gasteiger partial charge >= 0.3 is 0 Å². The summed E-state index contributed by atoms with van der Waals surface area (Å²) in [4.78, 5) is 15.1. The molecule has 1 aromatic carbocycles. The SMILES string of the molecule is [C-]#[N+]CCC(C(=O)CBr)c1cccc(I)c1. The molecule has 16 heavy (non-hydrogen) atoms. The van der Waals surface area contributed by atoms with Crippen LogP contribution in [0.15, 0.2) is 24.3 Å². The van der Waals surface area contributed by atoms with Crippen LogP contribution in [0.1, 0.15) is 17.9 Å². The van der Waals surface area contributed by atoms with Crippen LogP contribution in [0.4, 0.5) is 0 Å². The number of nitrogens with zero attached hydrogens (tertiary/aromatic N) is 1. The smallest absolute Gasteiger partial charge is 0.215 e. The fourth-order valence-electron chi connectivity index (χ4n) is 1.52. The summed E-state index contributed by atoms with van der Waals surface area (Å²) in [6, 6.07) is 7.91. The van der Waals surface area contributed by atoms with E-state index >= 15 is 0 Å². The van der Waals surface area contributed by atoms with Gasteiger partial charge in [-0.2, -0.15) is 0 Å². The minimum atomic E-state index is -0.150. The Kier molecular flexibility index (Phi) is 5.99. The second-order valence-electron chi connectivity index (χ2n) is 3.38. The van der Waals surface area contributed by atoms with Crippen molar-refractivity contribution in [3.8, 4) is 0 Å². The maximum Gasteiger partial charge on any atom is 0.215 e. The lowest BCUT2D eigenvalue weighted by Crippen LogP contribution is -2.14. The number of hydrogen-bond acceptors (Lipinski definition) is 1. The molecule has 0 bridgehead atoms. The number of carbonyl (C=O) groups is 1. The second-order valence-corrected chi connectivity index (χ2v) is 5.18. The van der Waals surface area contributed by atoms with Gasteiger partial charge in [0.2, 0.25) is 6.54 Å². The van der Waals surface area contributed by atoms with E-state index in [-0.39, 0.29) is 11.7 Å². The van der Waals surface area contributed by atoms with Crippen LogP contribution >= 0.6 is 38.5 Å². The van der Waals surface area contributed by atoms with Crippen LogP contribution in [0, 0.1) is 10.1 Å². The molecule has 1 unspecified atom stereocenters. The van der Waals surface area contributed by atoms with E-state index < -0.39 is 0 Å². The van der Waals surface area contributed by atoms with E-state index in [2.05, 4.69) is 43.4 Å². The molecular formula is C12H11BrINO. The highest BCUT2D eigenvalue weighted by molar-refractivity contribution is 14.1. The molecule has 84 valence electrons. The third-order valence-corrected chi connectivity index (χ3v) is 3.52. The molecule has 0 saturated carbocycles. The molecule has 0 aliphatic heterocycles.